The fraction of sp³-hybridized carbons (Fsp3) is 0.846. The number of amides is 1. The van der Waals surface area contributed by atoms with Crippen LogP contribution in [0.1, 0.15) is 26.7 Å². The van der Waals surface area contributed by atoms with Gasteiger partial charge in [0.25, 0.3) is 0 Å². The molecule has 0 aromatic rings. The van der Waals surface area contributed by atoms with Crippen LogP contribution in [0.2, 0.25) is 0 Å². The van der Waals surface area contributed by atoms with Gasteiger partial charge in [-0.2, -0.15) is 11.8 Å². The highest BCUT2D eigenvalue weighted by atomic mass is 32.2. The Hall–Kier alpha value is -0.750. The molecule has 0 aromatic carbocycles. The third kappa shape index (κ3) is 5.03. The van der Waals surface area contributed by atoms with E-state index in [1.165, 1.54) is 0 Å². The molecular formula is C13H24N2O3S. The van der Waals surface area contributed by atoms with Gasteiger partial charge in [-0.25, -0.2) is 4.79 Å². The van der Waals surface area contributed by atoms with Gasteiger partial charge in [-0.15, -0.1) is 0 Å². The van der Waals surface area contributed by atoms with E-state index in [1.807, 2.05) is 6.92 Å². The van der Waals surface area contributed by atoms with E-state index in [-0.39, 0.29) is 11.9 Å². The van der Waals surface area contributed by atoms with Gasteiger partial charge in [-0.05, 0) is 25.8 Å². The van der Waals surface area contributed by atoms with Crippen molar-refractivity contribution in [1.29, 1.82) is 0 Å². The van der Waals surface area contributed by atoms with Gasteiger partial charge >= 0.3 is 5.97 Å². The van der Waals surface area contributed by atoms with E-state index in [9.17, 15) is 9.59 Å². The van der Waals surface area contributed by atoms with E-state index in [4.69, 9.17) is 10.5 Å². The summed E-state index contributed by atoms with van der Waals surface area (Å²) in [5.74, 6) is 1.61. The van der Waals surface area contributed by atoms with Gasteiger partial charge in [0.05, 0.1) is 6.61 Å². The third-order valence-electron chi connectivity index (χ3n) is 3.26. The lowest BCUT2D eigenvalue weighted by atomic mass is 10.1. The second kappa shape index (κ2) is 8.43. The van der Waals surface area contributed by atoms with Crippen molar-refractivity contribution in [3.05, 3.63) is 0 Å². The number of carbonyl (C=O) groups excluding carboxylic acids is 2. The van der Waals surface area contributed by atoms with E-state index in [2.05, 4.69) is 0 Å². The standard InChI is InChI=1S/C13H24N2O3S/c1-3-18-13(17)11-9-19-7-6-15(11)12(16)5-4-10(2)8-14/h10-11H,3-9,14H2,1-2H3. The molecule has 1 amide bonds. The number of hydrogen-bond acceptors (Lipinski definition) is 5. The van der Waals surface area contributed by atoms with Crippen molar-refractivity contribution >= 4 is 23.6 Å². The molecule has 110 valence electrons. The van der Waals surface area contributed by atoms with Crippen LogP contribution in [0.15, 0.2) is 0 Å². The summed E-state index contributed by atoms with van der Waals surface area (Å²) in [7, 11) is 0. The first-order chi connectivity index (χ1) is 9.10. The summed E-state index contributed by atoms with van der Waals surface area (Å²) < 4.78 is 5.04. The lowest BCUT2D eigenvalue weighted by molar-refractivity contribution is -0.154. The van der Waals surface area contributed by atoms with Crippen LogP contribution >= 0.6 is 11.8 Å². The van der Waals surface area contributed by atoms with Crippen molar-refractivity contribution in [2.75, 3.05) is 31.2 Å². The summed E-state index contributed by atoms with van der Waals surface area (Å²) in [5.41, 5.74) is 5.55. The van der Waals surface area contributed by atoms with E-state index in [1.54, 1.807) is 23.6 Å². The van der Waals surface area contributed by atoms with Crippen LogP contribution in [0.25, 0.3) is 0 Å². The van der Waals surface area contributed by atoms with Crippen LogP contribution in [0, 0.1) is 5.92 Å². The molecule has 2 N–H and O–H groups in total. The Morgan fingerprint density at radius 2 is 2.26 bits per heavy atom. The number of carbonyl (C=O) groups is 2. The molecule has 1 saturated heterocycles. The first-order valence-corrected chi connectivity index (χ1v) is 7.99. The number of esters is 1. The van der Waals surface area contributed by atoms with Crippen molar-refractivity contribution in [2.24, 2.45) is 11.7 Å². The molecule has 1 heterocycles. The van der Waals surface area contributed by atoms with Gasteiger partial charge in [0.15, 0.2) is 0 Å². The van der Waals surface area contributed by atoms with Crippen LogP contribution < -0.4 is 5.73 Å². The lowest BCUT2D eigenvalue weighted by Gasteiger charge is -2.34. The van der Waals surface area contributed by atoms with Gasteiger partial charge in [0, 0.05) is 24.5 Å². The highest BCUT2D eigenvalue weighted by Crippen LogP contribution is 2.19. The Kier molecular flexibility index (Phi) is 7.23. The van der Waals surface area contributed by atoms with Gasteiger partial charge < -0.3 is 15.4 Å². The molecule has 1 rings (SSSR count). The van der Waals surface area contributed by atoms with Crippen molar-refractivity contribution in [1.82, 2.24) is 4.90 Å². The van der Waals surface area contributed by atoms with Crippen LogP contribution in [-0.4, -0.2) is 54.0 Å². The molecule has 19 heavy (non-hydrogen) atoms. The summed E-state index contributed by atoms with van der Waals surface area (Å²) in [5, 5.41) is 0. The number of nitrogens with two attached hydrogens (primary N) is 1. The maximum absolute atomic E-state index is 12.2. The molecule has 0 spiro atoms. The molecule has 1 fully saturated rings. The second-order valence-corrected chi connectivity index (χ2v) is 5.96. The zero-order chi connectivity index (χ0) is 14.3. The fourth-order valence-corrected chi connectivity index (χ4v) is 3.00. The molecule has 1 aliphatic rings. The highest BCUT2D eigenvalue weighted by molar-refractivity contribution is 7.99. The summed E-state index contributed by atoms with van der Waals surface area (Å²) in [6.07, 6.45) is 1.23. The number of hydrogen-bond donors (Lipinski definition) is 1. The van der Waals surface area contributed by atoms with Gasteiger partial charge in [0.2, 0.25) is 5.91 Å². The maximum Gasteiger partial charge on any atom is 0.329 e. The van der Waals surface area contributed by atoms with Crippen LogP contribution in [0.5, 0.6) is 0 Å². The smallest absolute Gasteiger partial charge is 0.329 e. The van der Waals surface area contributed by atoms with Crippen molar-refractivity contribution < 1.29 is 14.3 Å². The van der Waals surface area contributed by atoms with Gasteiger partial charge in [0.1, 0.15) is 6.04 Å². The van der Waals surface area contributed by atoms with E-state index in [0.29, 0.717) is 37.8 Å². The number of nitrogens with zero attached hydrogens (tertiary/aromatic N) is 1. The monoisotopic (exact) mass is 288 g/mol. The Bertz CT molecular complexity index is 312. The summed E-state index contributed by atoms with van der Waals surface area (Å²) >= 11 is 1.69. The van der Waals surface area contributed by atoms with Crippen molar-refractivity contribution in [3.63, 3.8) is 0 Å². The Morgan fingerprint density at radius 3 is 2.89 bits per heavy atom. The minimum Gasteiger partial charge on any atom is -0.464 e. The van der Waals surface area contributed by atoms with Crippen LogP contribution in [-0.2, 0) is 14.3 Å². The zero-order valence-corrected chi connectivity index (χ0v) is 12.6. The first-order valence-electron chi connectivity index (χ1n) is 6.84. The number of ether oxygens (including phenoxy) is 1. The molecule has 0 bridgehead atoms. The van der Waals surface area contributed by atoms with E-state index >= 15 is 0 Å². The average molecular weight is 288 g/mol. The summed E-state index contributed by atoms with van der Waals surface area (Å²) in [6.45, 7) is 5.38. The normalized spacial score (nSPS) is 21.0. The van der Waals surface area contributed by atoms with Gasteiger partial charge in [-0.3, -0.25) is 4.79 Å². The molecule has 6 heteroatoms. The minimum absolute atomic E-state index is 0.0404. The van der Waals surface area contributed by atoms with Gasteiger partial charge in [-0.1, -0.05) is 6.92 Å². The second-order valence-electron chi connectivity index (χ2n) is 4.81. The lowest BCUT2D eigenvalue weighted by Crippen LogP contribution is -2.51. The van der Waals surface area contributed by atoms with Crippen LogP contribution in [0.4, 0.5) is 0 Å². The number of thioether (sulfide) groups is 1. The Morgan fingerprint density at radius 1 is 1.53 bits per heavy atom. The van der Waals surface area contributed by atoms with Crippen molar-refractivity contribution in [3.8, 4) is 0 Å². The minimum atomic E-state index is -0.417. The quantitative estimate of drug-likeness (QED) is 0.734. The summed E-state index contributed by atoms with van der Waals surface area (Å²) in [6, 6.07) is -0.417. The topological polar surface area (TPSA) is 72.6 Å². The highest BCUT2D eigenvalue weighted by Gasteiger charge is 2.33. The molecule has 2 atom stereocenters. The predicted molar refractivity (Wildman–Crippen MR) is 76.9 cm³/mol. The molecule has 1 aliphatic heterocycles. The third-order valence-corrected chi connectivity index (χ3v) is 4.28. The molecule has 0 aromatic heterocycles. The van der Waals surface area contributed by atoms with E-state index in [0.717, 1.165) is 12.2 Å². The maximum atomic E-state index is 12.2. The zero-order valence-electron chi connectivity index (χ0n) is 11.8. The molecule has 0 aliphatic carbocycles. The molecule has 2 unspecified atom stereocenters. The molecule has 0 radical (unpaired) electrons. The Labute approximate surface area is 119 Å². The fourth-order valence-electron chi connectivity index (χ4n) is 1.97. The van der Waals surface area contributed by atoms with E-state index < -0.39 is 6.04 Å². The first kappa shape index (κ1) is 16.3. The largest absolute Gasteiger partial charge is 0.464 e. The average Bonchev–Trinajstić information content (AvgIpc) is 2.44. The predicted octanol–water partition coefficient (Wildman–Crippen LogP) is 0.869. The molecule has 0 saturated carbocycles. The van der Waals surface area contributed by atoms with Crippen molar-refractivity contribution in [2.45, 2.75) is 32.7 Å². The number of rotatable bonds is 6. The molecule has 5 nitrogen and oxygen atoms in total. The molecular weight excluding hydrogens is 264 g/mol. The van der Waals surface area contributed by atoms with Crippen LogP contribution in [0.3, 0.4) is 0 Å². The summed E-state index contributed by atoms with van der Waals surface area (Å²) in [4.78, 5) is 25.7. The Balaban J connectivity index is 2.55. The SMILES string of the molecule is CCOC(=O)C1CSCCN1C(=O)CCC(C)CN.